The maximum absolute atomic E-state index is 14.6. The SMILES string of the molecule is COC(=O)C(NC(=O)C1(Cc2ccccc2)CCCN1C(=O)[C@@H]1CCCN1C(=O)[C@@H](NC(=O)OC(C)(C)C)[C@@H](C)OC(C)=O)C(C)OC(C)=O. The van der Waals surface area contributed by atoms with Crippen LogP contribution >= 0.6 is 0 Å². The van der Waals surface area contributed by atoms with Crippen molar-refractivity contribution in [3.63, 3.8) is 0 Å². The van der Waals surface area contributed by atoms with E-state index in [1.807, 2.05) is 30.3 Å². The number of nitrogens with zero attached hydrogens (tertiary/aromatic N) is 2. The average molecular weight is 703 g/mol. The molecule has 0 aromatic heterocycles. The Morgan fingerprint density at radius 3 is 2.04 bits per heavy atom. The molecule has 3 unspecified atom stereocenters. The minimum atomic E-state index is -1.49. The van der Waals surface area contributed by atoms with Gasteiger partial charge in [0.05, 0.1) is 7.11 Å². The second-order valence-corrected chi connectivity index (χ2v) is 13.7. The summed E-state index contributed by atoms with van der Waals surface area (Å²) in [5, 5.41) is 5.22. The molecule has 1 aromatic rings. The summed E-state index contributed by atoms with van der Waals surface area (Å²) < 4.78 is 20.8. The van der Waals surface area contributed by atoms with Crippen LogP contribution in [0.15, 0.2) is 30.3 Å². The van der Waals surface area contributed by atoms with Gasteiger partial charge >= 0.3 is 24.0 Å². The number of alkyl carbamates (subject to hydrolysis) is 1. The Kier molecular flexibility index (Phi) is 13.4. The third-order valence-electron chi connectivity index (χ3n) is 8.66. The van der Waals surface area contributed by atoms with Crippen LogP contribution in [0.25, 0.3) is 0 Å². The maximum atomic E-state index is 14.6. The summed E-state index contributed by atoms with van der Waals surface area (Å²) in [6, 6.07) is 5.34. The molecule has 0 spiro atoms. The van der Waals surface area contributed by atoms with Crippen molar-refractivity contribution in [1.29, 1.82) is 0 Å². The van der Waals surface area contributed by atoms with Crippen molar-refractivity contribution in [2.24, 2.45) is 0 Å². The molecule has 0 saturated carbocycles. The van der Waals surface area contributed by atoms with Gasteiger partial charge in [-0.1, -0.05) is 30.3 Å². The Hall–Kier alpha value is -4.69. The van der Waals surface area contributed by atoms with Crippen molar-refractivity contribution in [2.45, 2.75) is 122 Å². The molecule has 2 saturated heterocycles. The predicted octanol–water partition coefficient (Wildman–Crippen LogP) is 2.04. The van der Waals surface area contributed by atoms with Crippen LogP contribution in [0.1, 0.15) is 79.7 Å². The van der Waals surface area contributed by atoms with E-state index in [2.05, 4.69) is 10.6 Å². The molecule has 276 valence electrons. The summed E-state index contributed by atoms with van der Waals surface area (Å²) in [6.07, 6.45) is -1.58. The van der Waals surface area contributed by atoms with Crippen LogP contribution in [-0.2, 0) is 54.1 Å². The highest BCUT2D eigenvalue weighted by Crippen LogP contribution is 2.36. The lowest BCUT2D eigenvalue weighted by atomic mass is 9.86. The van der Waals surface area contributed by atoms with Gasteiger partial charge in [-0.2, -0.15) is 0 Å². The number of hydrogen-bond acceptors (Lipinski definition) is 11. The number of carbonyl (C=O) groups is 7. The molecule has 0 aliphatic carbocycles. The van der Waals surface area contributed by atoms with E-state index >= 15 is 0 Å². The van der Waals surface area contributed by atoms with E-state index in [0.29, 0.717) is 12.8 Å². The number of carbonyl (C=O) groups excluding carboxylic acids is 7. The predicted molar refractivity (Wildman–Crippen MR) is 178 cm³/mol. The van der Waals surface area contributed by atoms with Gasteiger partial charge in [0.25, 0.3) is 0 Å². The molecule has 3 rings (SSSR count). The van der Waals surface area contributed by atoms with E-state index in [1.165, 1.54) is 37.5 Å². The first-order chi connectivity index (χ1) is 23.4. The first-order valence-corrected chi connectivity index (χ1v) is 16.8. The molecule has 2 heterocycles. The number of amides is 4. The van der Waals surface area contributed by atoms with E-state index in [-0.39, 0.29) is 32.4 Å². The second kappa shape index (κ2) is 16.8. The minimum absolute atomic E-state index is 0.0915. The second-order valence-electron chi connectivity index (χ2n) is 13.7. The Morgan fingerprint density at radius 1 is 0.880 bits per heavy atom. The van der Waals surface area contributed by atoms with E-state index in [9.17, 15) is 33.6 Å². The van der Waals surface area contributed by atoms with Crippen LogP contribution < -0.4 is 10.6 Å². The van der Waals surface area contributed by atoms with Gasteiger partial charge in [0.1, 0.15) is 35.4 Å². The van der Waals surface area contributed by atoms with Crippen LogP contribution in [-0.4, -0.2) is 113 Å². The van der Waals surface area contributed by atoms with Crippen LogP contribution in [0, 0.1) is 0 Å². The number of hydrogen-bond donors (Lipinski definition) is 2. The molecule has 2 aliphatic heterocycles. The number of nitrogens with one attached hydrogen (secondary N) is 2. The maximum Gasteiger partial charge on any atom is 0.408 e. The fraction of sp³-hybridized carbons (Fsp3) is 0.629. The number of rotatable bonds is 12. The zero-order valence-electron chi connectivity index (χ0n) is 30.1. The zero-order chi connectivity index (χ0) is 37.4. The Bertz CT molecular complexity index is 1430. The Balaban J connectivity index is 1.99. The quantitative estimate of drug-likeness (QED) is 0.240. The molecule has 15 heteroatoms. The third-order valence-corrected chi connectivity index (χ3v) is 8.66. The first kappa shape index (κ1) is 39.7. The lowest BCUT2D eigenvalue weighted by molar-refractivity contribution is -0.159. The number of esters is 3. The summed E-state index contributed by atoms with van der Waals surface area (Å²) in [6.45, 7) is 10.6. The standard InChI is InChI=1S/C35H50N4O11/c1-21(48-23(3)40)27(37-33(46)50-34(5,6)7)30(43)38-18-12-16-26(38)29(42)39-19-13-17-35(39,20-25-14-10-9-11-15-25)32(45)36-28(31(44)47-8)22(2)49-24(4)41/h9-11,14-15,21-22,26-28H,12-13,16-20H2,1-8H3,(H,36,45)(H,37,46)/t21-,22?,26+,27+,28?,35?/m1/s1. The Labute approximate surface area is 292 Å². The van der Waals surface area contributed by atoms with E-state index in [0.717, 1.165) is 12.7 Å². The fourth-order valence-electron chi connectivity index (χ4n) is 6.52. The monoisotopic (exact) mass is 702 g/mol. The highest BCUT2D eigenvalue weighted by atomic mass is 16.6. The molecule has 15 nitrogen and oxygen atoms in total. The average Bonchev–Trinajstić information content (AvgIpc) is 3.69. The molecule has 2 N–H and O–H groups in total. The summed E-state index contributed by atoms with van der Waals surface area (Å²) in [5.41, 5.74) is -1.62. The van der Waals surface area contributed by atoms with E-state index in [1.54, 1.807) is 20.8 Å². The minimum Gasteiger partial charge on any atom is -0.467 e. The van der Waals surface area contributed by atoms with Crippen molar-refractivity contribution in [1.82, 2.24) is 20.4 Å². The Morgan fingerprint density at radius 2 is 1.48 bits per heavy atom. The highest BCUT2D eigenvalue weighted by Gasteiger charge is 2.54. The van der Waals surface area contributed by atoms with Gasteiger partial charge in [-0.05, 0) is 65.9 Å². The number of benzene rings is 1. The highest BCUT2D eigenvalue weighted by molar-refractivity contribution is 5.98. The zero-order valence-corrected chi connectivity index (χ0v) is 30.1. The topological polar surface area (TPSA) is 187 Å². The van der Waals surface area contributed by atoms with Gasteiger partial charge in [0.15, 0.2) is 6.04 Å². The van der Waals surface area contributed by atoms with Crippen molar-refractivity contribution >= 4 is 41.7 Å². The van der Waals surface area contributed by atoms with Crippen LogP contribution in [0.2, 0.25) is 0 Å². The summed E-state index contributed by atoms with van der Waals surface area (Å²) in [5.74, 6) is -3.96. The van der Waals surface area contributed by atoms with Crippen molar-refractivity contribution in [3.8, 4) is 0 Å². The molecule has 50 heavy (non-hydrogen) atoms. The summed E-state index contributed by atoms with van der Waals surface area (Å²) in [4.78, 5) is 95.1. The number of methoxy groups -OCH3 is 1. The molecular weight excluding hydrogens is 652 g/mol. The molecule has 0 radical (unpaired) electrons. The van der Waals surface area contributed by atoms with Gasteiger partial charge < -0.3 is 39.4 Å². The molecular formula is C35H50N4O11. The van der Waals surface area contributed by atoms with E-state index < -0.39 is 83.2 Å². The van der Waals surface area contributed by atoms with Gasteiger partial charge in [-0.3, -0.25) is 24.0 Å². The molecule has 2 fully saturated rings. The molecule has 0 bridgehead atoms. The molecule has 4 amide bonds. The van der Waals surface area contributed by atoms with Crippen LogP contribution in [0.5, 0.6) is 0 Å². The first-order valence-electron chi connectivity index (χ1n) is 16.8. The van der Waals surface area contributed by atoms with E-state index in [4.69, 9.17) is 18.9 Å². The van der Waals surface area contributed by atoms with Crippen LogP contribution in [0.4, 0.5) is 4.79 Å². The molecule has 6 atom stereocenters. The normalized spacial score (nSPS) is 21.2. The van der Waals surface area contributed by atoms with Gasteiger partial charge in [-0.25, -0.2) is 9.59 Å². The lowest BCUT2D eigenvalue weighted by Gasteiger charge is -2.41. The van der Waals surface area contributed by atoms with Gasteiger partial charge in [0.2, 0.25) is 17.7 Å². The molecule has 2 aliphatic rings. The van der Waals surface area contributed by atoms with Crippen LogP contribution in [0.3, 0.4) is 0 Å². The number of ether oxygens (including phenoxy) is 4. The van der Waals surface area contributed by atoms with Gasteiger partial charge in [0, 0.05) is 33.4 Å². The van der Waals surface area contributed by atoms with Crippen molar-refractivity contribution in [2.75, 3.05) is 20.2 Å². The van der Waals surface area contributed by atoms with Gasteiger partial charge in [-0.15, -0.1) is 0 Å². The van der Waals surface area contributed by atoms with Crippen molar-refractivity contribution in [3.05, 3.63) is 35.9 Å². The summed E-state index contributed by atoms with van der Waals surface area (Å²) in [7, 11) is 1.14. The summed E-state index contributed by atoms with van der Waals surface area (Å²) >= 11 is 0. The smallest absolute Gasteiger partial charge is 0.408 e. The third kappa shape index (κ3) is 9.94. The lowest BCUT2D eigenvalue weighted by Crippen LogP contribution is -2.65. The molecule has 1 aromatic carbocycles. The fourth-order valence-corrected chi connectivity index (χ4v) is 6.52. The largest absolute Gasteiger partial charge is 0.467 e. The number of likely N-dealkylation sites (tertiary alicyclic amines) is 2. The van der Waals surface area contributed by atoms with Crippen molar-refractivity contribution < 1.29 is 52.5 Å².